The van der Waals surface area contributed by atoms with Gasteiger partial charge in [-0.1, -0.05) is 18.5 Å². The normalized spacial score (nSPS) is 26.0. The molecule has 5 heteroatoms. The molecule has 0 bridgehead atoms. The third kappa shape index (κ3) is 2.83. The molecule has 0 aliphatic heterocycles. The summed E-state index contributed by atoms with van der Waals surface area (Å²) in [6.07, 6.45) is 7.06. The molecule has 2 heterocycles. The SMILES string of the molecule is CCC1CCC(N)(c2nc(-c3cc(C)ccn3)no2)CC1. The van der Waals surface area contributed by atoms with Crippen molar-refractivity contribution < 1.29 is 4.52 Å². The molecule has 2 N–H and O–H groups in total. The van der Waals surface area contributed by atoms with Crippen LogP contribution in [0.3, 0.4) is 0 Å². The Balaban J connectivity index is 1.82. The number of nitrogens with zero attached hydrogens (tertiary/aromatic N) is 3. The van der Waals surface area contributed by atoms with Crippen molar-refractivity contribution in [1.29, 1.82) is 0 Å². The molecule has 2 aromatic rings. The van der Waals surface area contributed by atoms with Crippen LogP contribution in [0.15, 0.2) is 22.9 Å². The molecule has 1 fully saturated rings. The van der Waals surface area contributed by atoms with E-state index in [1.165, 1.54) is 6.42 Å². The number of rotatable bonds is 3. The second kappa shape index (κ2) is 5.56. The van der Waals surface area contributed by atoms with Crippen molar-refractivity contribution in [1.82, 2.24) is 15.1 Å². The van der Waals surface area contributed by atoms with Gasteiger partial charge in [-0.2, -0.15) is 4.98 Å². The number of pyridine rings is 1. The summed E-state index contributed by atoms with van der Waals surface area (Å²) in [5, 5.41) is 4.06. The summed E-state index contributed by atoms with van der Waals surface area (Å²) in [4.78, 5) is 8.79. The van der Waals surface area contributed by atoms with Crippen LogP contribution in [0.25, 0.3) is 11.5 Å². The molecule has 2 aromatic heterocycles. The van der Waals surface area contributed by atoms with Crippen molar-refractivity contribution in [2.75, 3.05) is 0 Å². The van der Waals surface area contributed by atoms with E-state index in [-0.39, 0.29) is 0 Å². The van der Waals surface area contributed by atoms with Crippen molar-refractivity contribution >= 4 is 0 Å². The first kappa shape index (κ1) is 14.2. The molecule has 0 saturated heterocycles. The molecule has 112 valence electrons. The number of nitrogens with two attached hydrogens (primary N) is 1. The van der Waals surface area contributed by atoms with E-state index in [1.807, 2.05) is 19.1 Å². The largest absolute Gasteiger partial charge is 0.337 e. The van der Waals surface area contributed by atoms with Crippen LogP contribution in [0.2, 0.25) is 0 Å². The predicted octanol–water partition coefficient (Wildman–Crippen LogP) is 3.19. The Hall–Kier alpha value is -1.75. The second-order valence-corrected chi connectivity index (χ2v) is 6.15. The molecule has 0 amide bonds. The van der Waals surface area contributed by atoms with E-state index in [2.05, 4.69) is 22.0 Å². The first-order chi connectivity index (χ1) is 10.1. The van der Waals surface area contributed by atoms with E-state index in [9.17, 15) is 0 Å². The quantitative estimate of drug-likeness (QED) is 0.937. The minimum atomic E-state index is -0.471. The lowest BCUT2D eigenvalue weighted by molar-refractivity contribution is 0.181. The van der Waals surface area contributed by atoms with E-state index in [0.717, 1.165) is 42.9 Å². The van der Waals surface area contributed by atoms with Gasteiger partial charge >= 0.3 is 0 Å². The summed E-state index contributed by atoms with van der Waals surface area (Å²) in [6, 6.07) is 3.90. The molecule has 1 aliphatic rings. The van der Waals surface area contributed by atoms with Crippen LogP contribution < -0.4 is 5.73 Å². The Morgan fingerprint density at radius 3 is 2.81 bits per heavy atom. The fourth-order valence-electron chi connectivity index (χ4n) is 3.00. The summed E-state index contributed by atoms with van der Waals surface area (Å²) < 4.78 is 5.44. The second-order valence-electron chi connectivity index (χ2n) is 6.15. The standard InChI is InChI=1S/C16H22N4O/c1-3-12-4-7-16(17,8-5-12)15-19-14(20-21-15)13-10-11(2)6-9-18-13/h6,9-10,12H,3-5,7-8,17H2,1-2H3. The Kier molecular flexibility index (Phi) is 3.76. The van der Waals surface area contributed by atoms with E-state index >= 15 is 0 Å². The van der Waals surface area contributed by atoms with E-state index in [1.54, 1.807) is 6.20 Å². The van der Waals surface area contributed by atoms with Crippen LogP contribution in [-0.2, 0) is 5.54 Å². The number of hydrogen-bond donors (Lipinski definition) is 1. The van der Waals surface area contributed by atoms with Crippen LogP contribution in [0.1, 0.15) is 50.5 Å². The van der Waals surface area contributed by atoms with Gasteiger partial charge in [0.2, 0.25) is 11.7 Å². The molecule has 0 radical (unpaired) electrons. The van der Waals surface area contributed by atoms with Gasteiger partial charge in [0.1, 0.15) is 5.69 Å². The minimum Gasteiger partial charge on any atom is -0.337 e. The maximum absolute atomic E-state index is 6.50. The number of aromatic nitrogens is 3. The topological polar surface area (TPSA) is 77.8 Å². The Morgan fingerprint density at radius 2 is 2.14 bits per heavy atom. The van der Waals surface area contributed by atoms with Gasteiger partial charge in [-0.3, -0.25) is 4.98 Å². The molecule has 0 aromatic carbocycles. The Bertz CT molecular complexity index is 614. The van der Waals surface area contributed by atoms with Gasteiger partial charge < -0.3 is 10.3 Å². The predicted molar refractivity (Wildman–Crippen MR) is 80.4 cm³/mol. The third-order valence-electron chi connectivity index (χ3n) is 4.57. The van der Waals surface area contributed by atoms with Gasteiger partial charge in [-0.25, -0.2) is 0 Å². The highest BCUT2D eigenvalue weighted by molar-refractivity contribution is 5.49. The first-order valence-electron chi connectivity index (χ1n) is 7.67. The summed E-state index contributed by atoms with van der Waals surface area (Å²) >= 11 is 0. The highest BCUT2D eigenvalue weighted by atomic mass is 16.5. The first-order valence-corrected chi connectivity index (χ1v) is 7.67. The molecule has 0 unspecified atom stereocenters. The summed E-state index contributed by atoms with van der Waals surface area (Å²) in [7, 11) is 0. The van der Waals surface area contributed by atoms with Gasteiger partial charge in [-0.05, 0) is 56.2 Å². The van der Waals surface area contributed by atoms with Crippen LogP contribution in [-0.4, -0.2) is 15.1 Å². The van der Waals surface area contributed by atoms with Gasteiger partial charge in [-0.15, -0.1) is 0 Å². The number of aryl methyl sites for hydroxylation is 1. The summed E-state index contributed by atoms with van der Waals surface area (Å²) in [5.74, 6) is 1.86. The third-order valence-corrected chi connectivity index (χ3v) is 4.57. The van der Waals surface area contributed by atoms with Crippen molar-refractivity contribution in [2.24, 2.45) is 11.7 Å². The zero-order valence-electron chi connectivity index (χ0n) is 12.7. The van der Waals surface area contributed by atoms with Gasteiger partial charge in [0.15, 0.2) is 0 Å². The minimum absolute atomic E-state index is 0.471. The lowest BCUT2D eigenvalue weighted by Gasteiger charge is -2.33. The van der Waals surface area contributed by atoms with E-state index in [4.69, 9.17) is 10.3 Å². The van der Waals surface area contributed by atoms with Crippen LogP contribution in [0.5, 0.6) is 0 Å². The average Bonchev–Trinajstić information content (AvgIpc) is 2.99. The molecule has 3 rings (SSSR count). The maximum Gasteiger partial charge on any atom is 0.247 e. The molecular formula is C16H22N4O. The van der Waals surface area contributed by atoms with Gasteiger partial charge in [0.25, 0.3) is 0 Å². The highest BCUT2D eigenvalue weighted by Crippen LogP contribution is 2.38. The summed E-state index contributed by atoms with van der Waals surface area (Å²) in [6.45, 7) is 4.25. The van der Waals surface area contributed by atoms with Crippen molar-refractivity contribution in [3.8, 4) is 11.5 Å². The molecule has 0 atom stereocenters. The van der Waals surface area contributed by atoms with Crippen LogP contribution in [0.4, 0.5) is 0 Å². The molecular weight excluding hydrogens is 264 g/mol. The Morgan fingerprint density at radius 1 is 1.38 bits per heavy atom. The maximum atomic E-state index is 6.50. The molecule has 1 aliphatic carbocycles. The molecule has 0 spiro atoms. The van der Waals surface area contributed by atoms with Gasteiger partial charge in [0.05, 0.1) is 5.54 Å². The lowest BCUT2D eigenvalue weighted by atomic mass is 9.76. The average molecular weight is 286 g/mol. The molecule has 1 saturated carbocycles. The van der Waals surface area contributed by atoms with Crippen molar-refractivity contribution in [3.63, 3.8) is 0 Å². The fraction of sp³-hybridized carbons (Fsp3) is 0.562. The molecule has 5 nitrogen and oxygen atoms in total. The highest BCUT2D eigenvalue weighted by Gasteiger charge is 2.37. The van der Waals surface area contributed by atoms with Gasteiger partial charge in [0, 0.05) is 6.20 Å². The Labute approximate surface area is 125 Å². The molecule has 21 heavy (non-hydrogen) atoms. The number of hydrogen-bond acceptors (Lipinski definition) is 5. The van der Waals surface area contributed by atoms with E-state index < -0.39 is 5.54 Å². The monoisotopic (exact) mass is 286 g/mol. The van der Waals surface area contributed by atoms with E-state index in [0.29, 0.717) is 11.7 Å². The van der Waals surface area contributed by atoms with Crippen LogP contribution in [0, 0.1) is 12.8 Å². The summed E-state index contributed by atoms with van der Waals surface area (Å²) in [5.41, 5.74) is 7.89. The van der Waals surface area contributed by atoms with Crippen molar-refractivity contribution in [2.45, 2.75) is 51.5 Å². The van der Waals surface area contributed by atoms with Crippen molar-refractivity contribution in [3.05, 3.63) is 29.8 Å². The zero-order valence-corrected chi connectivity index (χ0v) is 12.7. The lowest BCUT2D eigenvalue weighted by Crippen LogP contribution is -2.40. The fourth-order valence-corrected chi connectivity index (χ4v) is 3.00. The van der Waals surface area contributed by atoms with Crippen LogP contribution >= 0.6 is 0 Å². The smallest absolute Gasteiger partial charge is 0.247 e. The zero-order chi connectivity index (χ0) is 14.9.